The van der Waals surface area contributed by atoms with Crippen LogP contribution in [0.25, 0.3) is 0 Å². The summed E-state index contributed by atoms with van der Waals surface area (Å²) in [6.07, 6.45) is 0.789. The Labute approximate surface area is 94.8 Å². The quantitative estimate of drug-likeness (QED) is 0.814. The summed E-state index contributed by atoms with van der Waals surface area (Å²) in [7, 11) is 1.75. The summed E-state index contributed by atoms with van der Waals surface area (Å²) >= 11 is 0. The van der Waals surface area contributed by atoms with Crippen LogP contribution in [0.1, 0.15) is 37.6 Å². The van der Waals surface area contributed by atoms with Gasteiger partial charge in [-0.25, -0.2) is 8.78 Å². The van der Waals surface area contributed by atoms with Crippen LogP contribution in [-0.2, 0) is 13.5 Å². The number of aryl methyl sites for hydroxylation is 2. The van der Waals surface area contributed by atoms with Crippen molar-refractivity contribution in [3.05, 3.63) is 17.5 Å². The minimum Gasteiger partial charge on any atom is -0.305 e. The maximum atomic E-state index is 12.9. The number of hydrogen-bond donors (Lipinski definition) is 1. The zero-order chi connectivity index (χ0) is 12.1. The van der Waals surface area contributed by atoms with E-state index in [9.17, 15) is 8.78 Å². The minimum absolute atomic E-state index is 0.590. The molecule has 0 amide bonds. The molecule has 1 rings (SSSR count). The fourth-order valence-corrected chi connectivity index (χ4v) is 1.72. The number of alkyl halides is 2. The van der Waals surface area contributed by atoms with E-state index < -0.39 is 12.5 Å². The van der Waals surface area contributed by atoms with E-state index in [4.69, 9.17) is 0 Å². The first-order valence-electron chi connectivity index (χ1n) is 5.64. The SMILES string of the molecule is CCCNC(c1cn(C)nc1CC)C(F)F. The van der Waals surface area contributed by atoms with Gasteiger partial charge in [0.15, 0.2) is 0 Å². The van der Waals surface area contributed by atoms with Crippen LogP contribution >= 0.6 is 0 Å². The van der Waals surface area contributed by atoms with Gasteiger partial charge in [-0.1, -0.05) is 13.8 Å². The maximum Gasteiger partial charge on any atom is 0.257 e. The van der Waals surface area contributed by atoms with Gasteiger partial charge in [0.1, 0.15) is 0 Å². The molecule has 0 aliphatic carbocycles. The zero-order valence-corrected chi connectivity index (χ0v) is 10.0. The van der Waals surface area contributed by atoms with Gasteiger partial charge in [-0.3, -0.25) is 4.68 Å². The molecule has 0 aliphatic rings. The van der Waals surface area contributed by atoms with E-state index in [0.717, 1.165) is 12.1 Å². The highest BCUT2D eigenvalue weighted by molar-refractivity contribution is 5.22. The third-order valence-corrected chi connectivity index (χ3v) is 2.47. The monoisotopic (exact) mass is 231 g/mol. The van der Waals surface area contributed by atoms with Crippen molar-refractivity contribution in [3.63, 3.8) is 0 Å². The fourth-order valence-electron chi connectivity index (χ4n) is 1.72. The molecule has 1 aromatic heterocycles. The molecule has 0 saturated carbocycles. The molecule has 0 spiro atoms. The van der Waals surface area contributed by atoms with E-state index in [1.165, 1.54) is 0 Å². The molecule has 5 heteroatoms. The molecule has 16 heavy (non-hydrogen) atoms. The van der Waals surface area contributed by atoms with Gasteiger partial charge in [0.2, 0.25) is 0 Å². The van der Waals surface area contributed by atoms with Crippen LogP contribution in [0.3, 0.4) is 0 Å². The van der Waals surface area contributed by atoms with E-state index in [1.807, 2.05) is 13.8 Å². The van der Waals surface area contributed by atoms with Gasteiger partial charge >= 0.3 is 0 Å². The number of nitrogens with zero attached hydrogens (tertiary/aromatic N) is 2. The number of aromatic nitrogens is 2. The summed E-state index contributed by atoms with van der Waals surface area (Å²) in [6.45, 7) is 4.47. The van der Waals surface area contributed by atoms with Gasteiger partial charge in [-0.2, -0.15) is 5.10 Å². The summed E-state index contributed by atoms with van der Waals surface area (Å²) in [6, 6.07) is -0.899. The molecule has 0 bridgehead atoms. The summed E-state index contributed by atoms with van der Waals surface area (Å²) in [5.74, 6) is 0. The van der Waals surface area contributed by atoms with Crippen LogP contribution in [0.5, 0.6) is 0 Å². The lowest BCUT2D eigenvalue weighted by Crippen LogP contribution is -2.28. The van der Waals surface area contributed by atoms with Crippen LogP contribution in [0.4, 0.5) is 8.78 Å². The summed E-state index contributed by atoms with van der Waals surface area (Å²) in [5, 5.41) is 7.05. The van der Waals surface area contributed by atoms with Gasteiger partial charge in [-0.15, -0.1) is 0 Å². The average Bonchev–Trinajstić information content (AvgIpc) is 2.60. The molecule has 1 heterocycles. The predicted octanol–water partition coefficient (Wildman–Crippen LogP) is 2.29. The highest BCUT2D eigenvalue weighted by atomic mass is 19.3. The number of rotatable bonds is 6. The highest BCUT2D eigenvalue weighted by Crippen LogP contribution is 2.23. The molecular formula is C11H19F2N3. The van der Waals surface area contributed by atoms with Crippen molar-refractivity contribution in [2.45, 2.75) is 39.2 Å². The zero-order valence-electron chi connectivity index (χ0n) is 10.0. The van der Waals surface area contributed by atoms with Gasteiger partial charge in [0.05, 0.1) is 11.7 Å². The van der Waals surface area contributed by atoms with Crippen LogP contribution in [0, 0.1) is 0 Å². The first kappa shape index (κ1) is 13.1. The van der Waals surface area contributed by atoms with Crippen LogP contribution in [0.2, 0.25) is 0 Å². The predicted molar refractivity (Wildman–Crippen MR) is 59.6 cm³/mol. The molecular weight excluding hydrogens is 212 g/mol. The molecule has 3 nitrogen and oxygen atoms in total. The lowest BCUT2D eigenvalue weighted by Gasteiger charge is -2.17. The summed E-state index contributed by atoms with van der Waals surface area (Å²) < 4.78 is 27.5. The maximum absolute atomic E-state index is 12.9. The molecule has 0 saturated heterocycles. The average molecular weight is 231 g/mol. The first-order chi connectivity index (χ1) is 7.60. The molecule has 0 aliphatic heterocycles. The van der Waals surface area contributed by atoms with Crippen molar-refractivity contribution in [2.75, 3.05) is 6.54 Å². The van der Waals surface area contributed by atoms with Gasteiger partial charge in [0, 0.05) is 18.8 Å². The van der Waals surface area contributed by atoms with Crippen LogP contribution < -0.4 is 5.32 Å². The van der Waals surface area contributed by atoms with Crippen molar-refractivity contribution < 1.29 is 8.78 Å². The Balaban J connectivity index is 2.90. The van der Waals surface area contributed by atoms with Crippen molar-refractivity contribution in [1.29, 1.82) is 0 Å². The van der Waals surface area contributed by atoms with Crippen molar-refractivity contribution in [3.8, 4) is 0 Å². The normalized spacial score (nSPS) is 13.4. The molecule has 0 aromatic carbocycles. The van der Waals surface area contributed by atoms with E-state index in [2.05, 4.69) is 10.4 Å². The Morgan fingerprint density at radius 2 is 2.12 bits per heavy atom. The summed E-state index contributed by atoms with van der Waals surface area (Å²) in [4.78, 5) is 0. The smallest absolute Gasteiger partial charge is 0.257 e. The molecule has 92 valence electrons. The Morgan fingerprint density at radius 3 is 2.62 bits per heavy atom. The third kappa shape index (κ3) is 3.01. The molecule has 0 fully saturated rings. The largest absolute Gasteiger partial charge is 0.305 e. The topological polar surface area (TPSA) is 29.9 Å². The van der Waals surface area contributed by atoms with Gasteiger partial charge in [0.25, 0.3) is 6.43 Å². The number of halogens is 2. The Morgan fingerprint density at radius 1 is 1.44 bits per heavy atom. The molecule has 1 atom stereocenters. The van der Waals surface area contributed by atoms with Crippen molar-refractivity contribution in [2.24, 2.45) is 7.05 Å². The molecule has 1 unspecified atom stereocenters. The third-order valence-electron chi connectivity index (χ3n) is 2.47. The number of nitrogens with one attached hydrogen (secondary N) is 1. The van der Waals surface area contributed by atoms with Crippen molar-refractivity contribution in [1.82, 2.24) is 15.1 Å². The lowest BCUT2D eigenvalue weighted by molar-refractivity contribution is 0.0981. The standard InChI is InChI=1S/C11H19F2N3/c1-4-6-14-10(11(12)13)8-7-16(3)15-9(8)5-2/h7,10-11,14H,4-6H2,1-3H3. The van der Waals surface area contributed by atoms with E-state index in [-0.39, 0.29) is 0 Å². The van der Waals surface area contributed by atoms with E-state index >= 15 is 0 Å². The lowest BCUT2D eigenvalue weighted by atomic mass is 10.1. The van der Waals surface area contributed by atoms with Crippen LogP contribution in [0.15, 0.2) is 6.20 Å². The molecule has 1 aromatic rings. The van der Waals surface area contributed by atoms with E-state index in [1.54, 1.807) is 17.9 Å². The Bertz CT molecular complexity index is 323. The van der Waals surface area contributed by atoms with Gasteiger partial charge in [-0.05, 0) is 19.4 Å². The fraction of sp³-hybridized carbons (Fsp3) is 0.727. The second kappa shape index (κ2) is 5.94. The highest BCUT2D eigenvalue weighted by Gasteiger charge is 2.25. The van der Waals surface area contributed by atoms with E-state index in [0.29, 0.717) is 18.5 Å². The number of hydrogen-bond acceptors (Lipinski definition) is 2. The van der Waals surface area contributed by atoms with Crippen molar-refractivity contribution >= 4 is 0 Å². The Hall–Kier alpha value is -0.970. The minimum atomic E-state index is -2.40. The summed E-state index contributed by atoms with van der Waals surface area (Å²) in [5.41, 5.74) is 1.37. The Kier molecular flexibility index (Phi) is 4.86. The molecule has 0 radical (unpaired) electrons. The molecule has 1 N–H and O–H groups in total. The second-order valence-electron chi connectivity index (χ2n) is 3.82. The van der Waals surface area contributed by atoms with Crippen LogP contribution in [-0.4, -0.2) is 22.8 Å². The first-order valence-corrected chi connectivity index (χ1v) is 5.64. The van der Waals surface area contributed by atoms with Gasteiger partial charge < -0.3 is 5.32 Å². The second-order valence-corrected chi connectivity index (χ2v) is 3.82.